The molecule has 1 N–H and O–H groups in total. The number of anilines is 1. The van der Waals surface area contributed by atoms with Gasteiger partial charge in [-0.3, -0.25) is 4.79 Å². The van der Waals surface area contributed by atoms with E-state index in [-0.39, 0.29) is 5.91 Å². The molecule has 0 saturated carbocycles. The average Bonchev–Trinajstić information content (AvgIpc) is 2.76. The molecule has 21 heavy (non-hydrogen) atoms. The number of halogens is 1. The number of hydrogen-bond donors (Lipinski definition) is 1. The van der Waals surface area contributed by atoms with Crippen molar-refractivity contribution in [3.63, 3.8) is 0 Å². The molecule has 1 heterocycles. The van der Waals surface area contributed by atoms with E-state index < -0.39 is 0 Å². The standard InChI is InChI=1S/C16H23ClN2O2/c1-21-15-7-6-13(12-14(15)17)18-9-8-16(20)19-10-4-2-3-5-11-19/h6-7,12,18H,2-5,8-11H2,1H3. The van der Waals surface area contributed by atoms with Crippen molar-refractivity contribution >= 4 is 23.2 Å². The summed E-state index contributed by atoms with van der Waals surface area (Å²) >= 11 is 6.07. The third kappa shape index (κ3) is 4.81. The lowest BCUT2D eigenvalue weighted by Gasteiger charge is -2.20. The molecule has 0 unspecified atom stereocenters. The second kappa shape index (κ2) is 8.13. The van der Waals surface area contributed by atoms with Crippen molar-refractivity contribution < 1.29 is 9.53 Å². The van der Waals surface area contributed by atoms with Crippen molar-refractivity contribution in [3.8, 4) is 5.75 Å². The van der Waals surface area contributed by atoms with Gasteiger partial charge >= 0.3 is 0 Å². The molecule has 4 nitrogen and oxygen atoms in total. The van der Waals surface area contributed by atoms with Crippen LogP contribution in [0.5, 0.6) is 5.75 Å². The Labute approximate surface area is 131 Å². The van der Waals surface area contributed by atoms with E-state index in [1.807, 2.05) is 23.1 Å². The maximum Gasteiger partial charge on any atom is 0.224 e. The number of nitrogens with zero attached hydrogens (tertiary/aromatic N) is 1. The molecule has 0 aliphatic carbocycles. The summed E-state index contributed by atoms with van der Waals surface area (Å²) in [4.78, 5) is 14.1. The highest BCUT2D eigenvalue weighted by Crippen LogP contribution is 2.27. The molecule has 0 bridgehead atoms. The molecule has 1 fully saturated rings. The van der Waals surface area contributed by atoms with E-state index in [4.69, 9.17) is 16.3 Å². The SMILES string of the molecule is COc1ccc(NCCC(=O)N2CCCCCC2)cc1Cl. The van der Waals surface area contributed by atoms with Crippen LogP contribution >= 0.6 is 11.6 Å². The van der Waals surface area contributed by atoms with E-state index in [0.717, 1.165) is 31.6 Å². The summed E-state index contributed by atoms with van der Waals surface area (Å²) in [6, 6.07) is 5.54. The first-order valence-corrected chi connectivity index (χ1v) is 7.93. The van der Waals surface area contributed by atoms with E-state index in [1.54, 1.807) is 7.11 Å². The number of nitrogens with one attached hydrogen (secondary N) is 1. The minimum Gasteiger partial charge on any atom is -0.495 e. The Kier molecular flexibility index (Phi) is 6.18. The fourth-order valence-corrected chi connectivity index (χ4v) is 2.83. The lowest BCUT2D eigenvalue weighted by atomic mass is 10.2. The summed E-state index contributed by atoms with van der Waals surface area (Å²) in [6.45, 7) is 2.44. The van der Waals surface area contributed by atoms with Crippen molar-refractivity contribution in [1.82, 2.24) is 4.90 Å². The quantitative estimate of drug-likeness (QED) is 0.904. The van der Waals surface area contributed by atoms with Crippen LogP contribution in [0.25, 0.3) is 0 Å². The van der Waals surface area contributed by atoms with E-state index in [0.29, 0.717) is 23.7 Å². The van der Waals surface area contributed by atoms with Gasteiger partial charge in [-0.25, -0.2) is 0 Å². The largest absolute Gasteiger partial charge is 0.495 e. The van der Waals surface area contributed by atoms with Crippen molar-refractivity contribution in [2.45, 2.75) is 32.1 Å². The summed E-state index contributed by atoms with van der Waals surface area (Å²) in [5, 5.41) is 3.81. The normalized spacial score (nSPS) is 15.4. The Hall–Kier alpha value is -1.42. The van der Waals surface area contributed by atoms with Gasteiger partial charge in [-0.05, 0) is 31.0 Å². The first kappa shape index (κ1) is 16.0. The molecule has 0 radical (unpaired) electrons. The van der Waals surface area contributed by atoms with Crippen LogP contribution in [0.3, 0.4) is 0 Å². The zero-order chi connectivity index (χ0) is 15.1. The predicted octanol–water partition coefficient (Wildman–Crippen LogP) is 3.55. The van der Waals surface area contributed by atoms with Crippen LogP contribution in [0.1, 0.15) is 32.1 Å². The number of rotatable bonds is 5. The molecule has 0 atom stereocenters. The number of carbonyl (C=O) groups excluding carboxylic acids is 1. The summed E-state index contributed by atoms with van der Waals surface area (Å²) in [5.41, 5.74) is 0.907. The smallest absolute Gasteiger partial charge is 0.224 e. The van der Waals surface area contributed by atoms with Crippen molar-refractivity contribution in [2.75, 3.05) is 32.1 Å². The molecule has 1 saturated heterocycles. The number of ether oxygens (including phenoxy) is 1. The Balaban J connectivity index is 1.78. The Morgan fingerprint density at radius 1 is 1.29 bits per heavy atom. The number of benzene rings is 1. The summed E-state index contributed by atoms with van der Waals surface area (Å²) in [6.07, 6.45) is 5.27. The Bertz CT molecular complexity index is 471. The highest BCUT2D eigenvalue weighted by molar-refractivity contribution is 6.32. The lowest BCUT2D eigenvalue weighted by molar-refractivity contribution is -0.130. The summed E-state index contributed by atoms with van der Waals surface area (Å²) in [5.74, 6) is 0.895. The first-order chi connectivity index (χ1) is 10.2. The zero-order valence-corrected chi connectivity index (χ0v) is 13.3. The molecular weight excluding hydrogens is 288 g/mol. The molecule has 116 valence electrons. The van der Waals surface area contributed by atoms with Gasteiger partial charge in [0, 0.05) is 31.7 Å². The molecule has 0 spiro atoms. The van der Waals surface area contributed by atoms with E-state index >= 15 is 0 Å². The molecule has 0 aromatic heterocycles. The maximum absolute atomic E-state index is 12.1. The van der Waals surface area contributed by atoms with Crippen LogP contribution in [-0.4, -0.2) is 37.6 Å². The van der Waals surface area contributed by atoms with Crippen LogP contribution < -0.4 is 10.1 Å². The van der Waals surface area contributed by atoms with E-state index in [1.165, 1.54) is 12.8 Å². The van der Waals surface area contributed by atoms with Crippen LogP contribution in [0.15, 0.2) is 18.2 Å². The predicted molar refractivity (Wildman–Crippen MR) is 86.2 cm³/mol. The monoisotopic (exact) mass is 310 g/mol. The molecule has 1 aliphatic rings. The zero-order valence-electron chi connectivity index (χ0n) is 12.5. The molecule has 1 aromatic carbocycles. The van der Waals surface area contributed by atoms with Gasteiger partial charge in [-0.2, -0.15) is 0 Å². The van der Waals surface area contributed by atoms with Crippen LogP contribution in [0.2, 0.25) is 5.02 Å². The molecule has 5 heteroatoms. The van der Waals surface area contributed by atoms with Gasteiger partial charge in [-0.1, -0.05) is 24.4 Å². The topological polar surface area (TPSA) is 41.6 Å². The average molecular weight is 311 g/mol. The molecule has 2 rings (SSSR count). The second-order valence-corrected chi connectivity index (χ2v) is 5.73. The number of carbonyl (C=O) groups is 1. The Morgan fingerprint density at radius 3 is 2.62 bits per heavy atom. The van der Waals surface area contributed by atoms with Crippen molar-refractivity contribution in [3.05, 3.63) is 23.2 Å². The van der Waals surface area contributed by atoms with Crippen LogP contribution in [0, 0.1) is 0 Å². The fourth-order valence-electron chi connectivity index (χ4n) is 2.57. The summed E-state index contributed by atoms with van der Waals surface area (Å²) in [7, 11) is 1.59. The van der Waals surface area contributed by atoms with Gasteiger partial charge in [-0.15, -0.1) is 0 Å². The number of likely N-dealkylation sites (tertiary alicyclic amines) is 1. The van der Waals surface area contributed by atoms with Gasteiger partial charge in [0.2, 0.25) is 5.91 Å². The molecule has 1 aromatic rings. The van der Waals surface area contributed by atoms with Crippen LogP contribution in [-0.2, 0) is 4.79 Å². The molecule has 1 aliphatic heterocycles. The van der Waals surface area contributed by atoms with Gasteiger partial charge in [0.25, 0.3) is 0 Å². The van der Waals surface area contributed by atoms with Crippen molar-refractivity contribution in [2.24, 2.45) is 0 Å². The second-order valence-electron chi connectivity index (χ2n) is 5.32. The van der Waals surface area contributed by atoms with E-state index in [9.17, 15) is 4.79 Å². The lowest BCUT2D eigenvalue weighted by Crippen LogP contribution is -2.32. The van der Waals surface area contributed by atoms with Crippen molar-refractivity contribution in [1.29, 1.82) is 0 Å². The highest BCUT2D eigenvalue weighted by Gasteiger charge is 2.14. The maximum atomic E-state index is 12.1. The fraction of sp³-hybridized carbons (Fsp3) is 0.562. The molecular formula is C16H23ClN2O2. The number of hydrogen-bond acceptors (Lipinski definition) is 3. The van der Waals surface area contributed by atoms with E-state index in [2.05, 4.69) is 5.32 Å². The minimum absolute atomic E-state index is 0.240. The third-order valence-corrected chi connectivity index (χ3v) is 4.07. The van der Waals surface area contributed by atoms with Gasteiger partial charge in [0.1, 0.15) is 5.75 Å². The number of methoxy groups -OCH3 is 1. The third-order valence-electron chi connectivity index (χ3n) is 3.78. The summed E-state index contributed by atoms with van der Waals surface area (Å²) < 4.78 is 5.11. The molecule has 1 amide bonds. The first-order valence-electron chi connectivity index (χ1n) is 7.56. The van der Waals surface area contributed by atoms with Gasteiger partial charge in [0.15, 0.2) is 0 Å². The Morgan fingerprint density at radius 2 is 2.00 bits per heavy atom. The van der Waals surface area contributed by atoms with Crippen LogP contribution in [0.4, 0.5) is 5.69 Å². The van der Waals surface area contributed by atoms with Gasteiger partial charge < -0.3 is 15.0 Å². The van der Waals surface area contributed by atoms with Gasteiger partial charge in [0.05, 0.1) is 12.1 Å². The minimum atomic E-state index is 0.240. The highest BCUT2D eigenvalue weighted by atomic mass is 35.5. The number of amides is 1.